The molecule has 3 heteroatoms. The summed E-state index contributed by atoms with van der Waals surface area (Å²) < 4.78 is 0. The van der Waals surface area contributed by atoms with Crippen LogP contribution in [0.2, 0.25) is 0 Å². The van der Waals surface area contributed by atoms with Crippen LogP contribution in [0.5, 0.6) is 0 Å². The molecule has 0 radical (unpaired) electrons. The van der Waals surface area contributed by atoms with Crippen molar-refractivity contribution in [2.45, 2.75) is 64.8 Å². The highest BCUT2D eigenvalue weighted by atomic mass is 32.2. The molecule has 2 rings (SSSR count). The Morgan fingerprint density at radius 1 is 1.24 bits per heavy atom. The summed E-state index contributed by atoms with van der Waals surface area (Å²) in [6.07, 6.45) is 7.95. The highest BCUT2D eigenvalue weighted by Crippen LogP contribution is 2.38. The highest BCUT2D eigenvalue weighted by Gasteiger charge is 2.30. The van der Waals surface area contributed by atoms with Gasteiger partial charge in [0.1, 0.15) is 0 Å². The Labute approximate surface area is 110 Å². The summed E-state index contributed by atoms with van der Waals surface area (Å²) in [5, 5.41) is 4.82. The van der Waals surface area contributed by atoms with E-state index in [1.807, 2.05) is 11.8 Å². The van der Waals surface area contributed by atoms with Crippen molar-refractivity contribution in [1.82, 2.24) is 5.32 Å². The lowest BCUT2D eigenvalue weighted by Gasteiger charge is -2.35. The normalized spacial score (nSPS) is 34.9. The molecular weight excluding hydrogens is 228 g/mol. The van der Waals surface area contributed by atoms with Gasteiger partial charge in [0.25, 0.3) is 0 Å². The van der Waals surface area contributed by atoms with E-state index in [2.05, 4.69) is 26.1 Å². The second kappa shape index (κ2) is 5.21. The summed E-state index contributed by atoms with van der Waals surface area (Å²) in [5.41, 5.74) is 0.760. The molecule has 2 aliphatic rings. The smallest absolute Gasteiger partial charge is 0.156 e. The standard InChI is InChI=1S/C14H26N2S/c1-4-14(3)9-10-17-12(16-14)15-11-13(2)7-5-6-8-13/h4-11H2,1-3H3,(H,15,16). The van der Waals surface area contributed by atoms with E-state index in [0.29, 0.717) is 5.41 Å². The molecule has 1 aliphatic heterocycles. The third-order valence-corrected chi connectivity index (χ3v) is 5.41. The molecule has 0 spiro atoms. The van der Waals surface area contributed by atoms with Gasteiger partial charge in [-0.1, -0.05) is 38.5 Å². The van der Waals surface area contributed by atoms with E-state index in [1.165, 1.54) is 49.4 Å². The number of hydrogen-bond acceptors (Lipinski definition) is 2. The first kappa shape index (κ1) is 13.3. The minimum absolute atomic E-state index is 0.278. The Balaban J connectivity index is 1.93. The van der Waals surface area contributed by atoms with Crippen molar-refractivity contribution in [2.75, 3.05) is 12.3 Å². The predicted molar refractivity (Wildman–Crippen MR) is 77.8 cm³/mol. The zero-order valence-electron chi connectivity index (χ0n) is 11.5. The van der Waals surface area contributed by atoms with Gasteiger partial charge in [-0.25, -0.2) is 0 Å². The van der Waals surface area contributed by atoms with E-state index in [0.717, 1.165) is 6.54 Å². The van der Waals surface area contributed by atoms with E-state index >= 15 is 0 Å². The van der Waals surface area contributed by atoms with Crippen LogP contribution in [0.15, 0.2) is 4.99 Å². The van der Waals surface area contributed by atoms with Gasteiger partial charge in [-0.2, -0.15) is 0 Å². The van der Waals surface area contributed by atoms with Crippen molar-refractivity contribution in [3.63, 3.8) is 0 Å². The minimum atomic E-state index is 0.278. The number of hydrogen-bond donors (Lipinski definition) is 1. The maximum absolute atomic E-state index is 4.85. The van der Waals surface area contributed by atoms with Gasteiger partial charge in [0.2, 0.25) is 0 Å². The molecule has 1 N–H and O–H groups in total. The average molecular weight is 254 g/mol. The van der Waals surface area contributed by atoms with E-state index in [4.69, 9.17) is 4.99 Å². The van der Waals surface area contributed by atoms with Gasteiger partial charge < -0.3 is 5.32 Å². The van der Waals surface area contributed by atoms with Gasteiger partial charge in [0.05, 0.1) is 0 Å². The van der Waals surface area contributed by atoms with Crippen LogP contribution in [0.1, 0.15) is 59.3 Å². The molecule has 1 saturated carbocycles. The second-order valence-electron chi connectivity index (χ2n) is 6.28. The first-order valence-electron chi connectivity index (χ1n) is 7.01. The lowest BCUT2D eigenvalue weighted by Crippen LogP contribution is -2.48. The molecule has 17 heavy (non-hydrogen) atoms. The minimum Gasteiger partial charge on any atom is -0.360 e. The number of thioether (sulfide) groups is 1. The summed E-state index contributed by atoms with van der Waals surface area (Å²) in [7, 11) is 0. The molecule has 2 nitrogen and oxygen atoms in total. The van der Waals surface area contributed by atoms with E-state index in [9.17, 15) is 0 Å². The zero-order valence-corrected chi connectivity index (χ0v) is 12.3. The van der Waals surface area contributed by atoms with Crippen molar-refractivity contribution in [1.29, 1.82) is 0 Å². The molecule has 98 valence electrons. The fourth-order valence-corrected chi connectivity index (χ4v) is 3.95. The van der Waals surface area contributed by atoms with Crippen LogP contribution in [0.25, 0.3) is 0 Å². The average Bonchev–Trinajstić information content (AvgIpc) is 2.75. The molecule has 1 atom stereocenters. The third kappa shape index (κ3) is 3.40. The van der Waals surface area contributed by atoms with E-state index in [1.54, 1.807) is 0 Å². The largest absolute Gasteiger partial charge is 0.360 e. The van der Waals surface area contributed by atoms with Crippen LogP contribution in [-0.4, -0.2) is 23.0 Å². The molecule has 0 aromatic heterocycles. The summed E-state index contributed by atoms with van der Waals surface area (Å²) in [6, 6.07) is 0. The van der Waals surface area contributed by atoms with Gasteiger partial charge in [0, 0.05) is 17.8 Å². The van der Waals surface area contributed by atoms with Crippen molar-refractivity contribution in [2.24, 2.45) is 10.4 Å². The maximum Gasteiger partial charge on any atom is 0.156 e. The third-order valence-electron chi connectivity index (χ3n) is 4.50. The van der Waals surface area contributed by atoms with Gasteiger partial charge in [-0.05, 0) is 38.0 Å². The Bertz CT molecular complexity index is 295. The van der Waals surface area contributed by atoms with Gasteiger partial charge in [-0.15, -0.1) is 0 Å². The van der Waals surface area contributed by atoms with Gasteiger partial charge >= 0.3 is 0 Å². The van der Waals surface area contributed by atoms with Gasteiger partial charge in [-0.3, -0.25) is 4.99 Å². The second-order valence-corrected chi connectivity index (χ2v) is 7.36. The van der Waals surface area contributed by atoms with Crippen LogP contribution in [0, 0.1) is 5.41 Å². The van der Waals surface area contributed by atoms with Crippen LogP contribution in [0.3, 0.4) is 0 Å². The number of rotatable bonds is 3. The molecule has 1 unspecified atom stereocenters. The van der Waals surface area contributed by atoms with Crippen LogP contribution in [0.4, 0.5) is 0 Å². The Morgan fingerprint density at radius 3 is 2.59 bits per heavy atom. The summed E-state index contributed by atoms with van der Waals surface area (Å²) in [6.45, 7) is 8.00. The van der Waals surface area contributed by atoms with Crippen LogP contribution >= 0.6 is 11.8 Å². The Hall–Kier alpha value is -0.180. The first-order valence-corrected chi connectivity index (χ1v) is 7.99. The zero-order chi connectivity index (χ0) is 12.4. The molecule has 0 bridgehead atoms. The topological polar surface area (TPSA) is 24.4 Å². The lowest BCUT2D eigenvalue weighted by molar-refractivity contribution is 0.348. The Kier molecular flexibility index (Phi) is 4.06. The molecule has 1 heterocycles. The molecule has 0 amide bonds. The molecular formula is C14H26N2S. The van der Waals surface area contributed by atoms with Crippen molar-refractivity contribution >= 4 is 16.9 Å². The molecule has 1 saturated heterocycles. The molecule has 2 fully saturated rings. The van der Waals surface area contributed by atoms with Crippen molar-refractivity contribution in [3.05, 3.63) is 0 Å². The van der Waals surface area contributed by atoms with Crippen molar-refractivity contribution in [3.8, 4) is 0 Å². The monoisotopic (exact) mass is 254 g/mol. The maximum atomic E-state index is 4.85. The van der Waals surface area contributed by atoms with E-state index in [-0.39, 0.29) is 5.54 Å². The fraction of sp³-hybridized carbons (Fsp3) is 0.929. The summed E-state index contributed by atoms with van der Waals surface area (Å²) >= 11 is 1.90. The molecule has 1 aliphatic carbocycles. The number of nitrogens with zero attached hydrogens (tertiary/aromatic N) is 1. The number of aliphatic imine (C=N–C) groups is 1. The van der Waals surface area contributed by atoms with Crippen molar-refractivity contribution < 1.29 is 0 Å². The first-order chi connectivity index (χ1) is 8.05. The summed E-state index contributed by atoms with van der Waals surface area (Å²) in [5.74, 6) is 1.22. The fourth-order valence-electron chi connectivity index (χ4n) is 2.73. The lowest BCUT2D eigenvalue weighted by atomic mass is 9.89. The quantitative estimate of drug-likeness (QED) is 0.828. The highest BCUT2D eigenvalue weighted by molar-refractivity contribution is 8.13. The van der Waals surface area contributed by atoms with Crippen LogP contribution in [-0.2, 0) is 0 Å². The molecule has 0 aromatic rings. The number of amidine groups is 1. The van der Waals surface area contributed by atoms with Crippen LogP contribution < -0.4 is 5.32 Å². The van der Waals surface area contributed by atoms with E-state index < -0.39 is 0 Å². The number of nitrogens with one attached hydrogen (secondary N) is 1. The summed E-state index contributed by atoms with van der Waals surface area (Å²) in [4.78, 5) is 4.85. The van der Waals surface area contributed by atoms with Gasteiger partial charge in [0.15, 0.2) is 5.17 Å². The molecule has 0 aromatic carbocycles. The Morgan fingerprint density at radius 2 is 1.94 bits per heavy atom. The SMILES string of the molecule is CCC1(C)CCSC(=NCC2(C)CCCC2)N1. The predicted octanol–water partition coefficient (Wildman–Crippen LogP) is 3.82.